The second kappa shape index (κ2) is 18.1. The van der Waals surface area contributed by atoms with Gasteiger partial charge in [-0.3, -0.25) is 14.2 Å². The number of carboxylic acid groups (broad SMARTS) is 2. The second-order valence-electron chi connectivity index (χ2n) is 12.1. The topological polar surface area (TPSA) is 184 Å². The van der Waals surface area contributed by atoms with Gasteiger partial charge in [0.2, 0.25) is 10.0 Å². The molecular formula is C40H40N2O9S2. The van der Waals surface area contributed by atoms with Crippen LogP contribution in [0.1, 0.15) is 67.2 Å². The molecule has 0 aliphatic rings. The molecule has 0 spiro atoms. The lowest BCUT2D eigenvalue weighted by Crippen LogP contribution is -2.14. The number of rotatable bonds is 15. The fraction of sp³-hybridized carbons (Fsp3) is 0.175. The van der Waals surface area contributed by atoms with Crippen molar-refractivity contribution in [1.29, 1.82) is 0 Å². The molecule has 0 heterocycles. The van der Waals surface area contributed by atoms with Gasteiger partial charge in [0.15, 0.2) is 5.78 Å². The Hall–Kier alpha value is -5.79. The monoisotopic (exact) mass is 756 g/mol. The highest BCUT2D eigenvalue weighted by atomic mass is 32.2. The summed E-state index contributed by atoms with van der Waals surface area (Å²) in [4.78, 5) is 33.4. The van der Waals surface area contributed by atoms with Crippen molar-refractivity contribution >= 4 is 49.1 Å². The Balaban J connectivity index is 0.000000245. The van der Waals surface area contributed by atoms with E-state index in [9.17, 15) is 31.2 Å². The van der Waals surface area contributed by atoms with Crippen LogP contribution in [0.3, 0.4) is 0 Å². The first-order chi connectivity index (χ1) is 25.1. The lowest BCUT2D eigenvalue weighted by Gasteiger charge is -2.09. The van der Waals surface area contributed by atoms with Gasteiger partial charge >= 0.3 is 11.9 Å². The summed E-state index contributed by atoms with van der Waals surface area (Å²) in [6, 6.07) is 33.7. The predicted octanol–water partition coefficient (Wildman–Crippen LogP) is 7.11. The van der Waals surface area contributed by atoms with E-state index in [2.05, 4.69) is 9.44 Å². The van der Waals surface area contributed by atoms with Gasteiger partial charge in [0.25, 0.3) is 10.0 Å². The molecule has 0 bridgehead atoms. The van der Waals surface area contributed by atoms with E-state index in [1.165, 1.54) is 31.2 Å². The SMILES string of the molecule is CC(=O)c1ccc(S(=O)(=O)Nc2ccc(CCc3cccc(C(=O)O)c3)cc2)cc1.CCS(=O)(=O)Nc1ccc(CCc2cccc(C(=O)O)c2)cc1. The Kier molecular flexibility index (Phi) is 13.7. The largest absolute Gasteiger partial charge is 0.478 e. The number of hydrogen-bond donors (Lipinski definition) is 4. The maximum atomic E-state index is 12.5. The van der Waals surface area contributed by atoms with Crippen molar-refractivity contribution in [3.05, 3.63) is 160 Å². The van der Waals surface area contributed by atoms with E-state index in [4.69, 9.17) is 10.2 Å². The standard InChI is InChI=1S/C23H21NO5S.C17H19NO4S/c1-16(25)19-9-13-22(14-10-19)30(28,29)24-21-11-7-17(8-12-21)5-6-18-3-2-4-20(15-18)23(26)27;1-2-23(21,22)18-16-10-8-13(9-11-16)6-7-14-4-3-5-15(12-14)17(19)20/h2-4,7-15,24H,5-6H2,1H3,(H,26,27);3-5,8-12,18H,2,6-7H2,1H3,(H,19,20). The van der Waals surface area contributed by atoms with E-state index in [0.717, 1.165) is 35.1 Å². The molecule has 5 rings (SSSR count). The van der Waals surface area contributed by atoms with Crippen molar-refractivity contribution < 1.29 is 41.4 Å². The van der Waals surface area contributed by atoms with Gasteiger partial charge in [0.1, 0.15) is 0 Å². The first-order valence-corrected chi connectivity index (χ1v) is 19.7. The fourth-order valence-electron chi connectivity index (χ4n) is 5.11. The highest BCUT2D eigenvalue weighted by Crippen LogP contribution is 2.19. The Morgan fingerprint density at radius 1 is 0.528 bits per heavy atom. The van der Waals surface area contributed by atoms with Crippen molar-refractivity contribution in [3.63, 3.8) is 0 Å². The molecule has 0 radical (unpaired) electrons. The van der Waals surface area contributed by atoms with Crippen LogP contribution in [0.5, 0.6) is 0 Å². The highest BCUT2D eigenvalue weighted by molar-refractivity contribution is 7.93. The molecule has 0 saturated carbocycles. The van der Waals surface area contributed by atoms with E-state index in [0.29, 0.717) is 29.8 Å². The molecule has 0 aliphatic carbocycles. The third-order valence-electron chi connectivity index (χ3n) is 8.14. The van der Waals surface area contributed by atoms with Crippen LogP contribution in [0.4, 0.5) is 11.4 Å². The minimum atomic E-state index is -3.75. The lowest BCUT2D eigenvalue weighted by molar-refractivity contribution is 0.0686. The Bertz CT molecular complexity index is 2270. The van der Waals surface area contributed by atoms with E-state index < -0.39 is 32.0 Å². The molecule has 5 aromatic carbocycles. The minimum absolute atomic E-state index is 0.0364. The number of ketones is 1. The molecule has 276 valence electrons. The summed E-state index contributed by atoms with van der Waals surface area (Å²) >= 11 is 0. The number of Topliss-reactive ketones (excluding diaryl/α,β-unsaturated/α-hetero) is 1. The number of aryl methyl sites for hydroxylation is 4. The average Bonchev–Trinajstić information content (AvgIpc) is 3.14. The van der Waals surface area contributed by atoms with E-state index >= 15 is 0 Å². The molecule has 0 fully saturated rings. The van der Waals surface area contributed by atoms with Crippen LogP contribution in [-0.2, 0) is 45.7 Å². The Labute approximate surface area is 309 Å². The van der Waals surface area contributed by atoms with Crippen molar-refractivity contribution in [1.82, 2.24) is 0 Å². The van der Waals surface area contributed by atoms with Gasteiger partial charge in [0.05, 0.1) is 21.8 Å². The van der Waals surface area contributed by atoms with Crippen LogP contribution in [-0.4, -0.2) is 50.5 Å². The summed E-state index contributed by atoms with van der Waals surface area (Å²) in [7, 11) is -7.01. The number of carboxylic acids is 2. The number of hydrogen-bond acceptors (Lipinski definition) is 7. The average molecular weight is 757 g/mol. The van der Waals surface area contributed by atoms with Crippen molar-refractivity contribution in [2.24, 2.45) is 0 Å². The molecule has 0 amide bonds. The predicted molar refractivity (Wildman–Crippen MR) is 205 cm³/mol. The molecule has 0 unspecified atom stereocenters. The summed E-state index contributed by atoms with van der Waals surface area (Å²) in [5.74, 6) is -1.98. The normalized spacial score (nSPS) is 11.1. The second-order valence-corrected chi connectivity index (χ2v) is 15.8. The number of aromatic carboxylic acids is 2. The first-order valence-electron chi connectivity index (χ1n) is 16.6. The van der Waals surface area contributed by atoms with Gasteiger partial charge in [-0.25, -0.2) is 26.4 Å². The van der Waals surface area contributed by atoms with Gasteiger partial charge in [-0.05, 0) is 122 Å². The maximum absolute atomic E-state index is 12.5. The zero-order valence-electron chi connectivity index (χ0n) is 29.2. The zero-order chi connectivity index (χ0) is 38.6. The molecule has 5 aromatic rings. The van der Waals surface area contributed by atoms with Crippen LogP contribution in [0.15, 0.2) is 126 Å². The van der Waals surface area contributed by atoms with Crippen LogP contribution < -0.4 is 9.44 Å². The van der Waals surface area contributed by atoms with Crippen molar-refractivity contribution in [3.8, 4) is 0 Å². The summed E-state index contributed by atoms with van der Waals surface area (Å²) < 4.78 is 53.0. The third-order valence-corrected chi connectivity index (χ3v) is 10.8. The molecule has 0 saturated heterocycles. The number of benzene rings is 5. The molecule has 0 aliphatic heterocycles. The van der Waals surface area contributed by atoms with E-state index in [1.54, 1.807) is 67.6 Å². The number of carbonyl (C=O) groups excluding carboxylic acids is 1. The molecule has 0 atom stereocenters. The van der Waals surface area contributed by atoms with Crippen molar-refractivity contribution in [2.45, 2.75) is 44.4 Å². The summed E-state index contributed by atoms with van der Waals surface area (Å²) in [6.45, 7) is 3.01. The number of nitrogens with one attached hydrogen (secondary N) is 2. The van der Waals surface area contributed by atoms with Crippen molar-refractivity contribution in [2.75, 3.05) is 15.2 Å². The Morgan fingerprint density at radius 3 is 1.34 bits per heavy atom. The smallest absolute Gasteiger partial charge is 0.335 e. The fourth-order valence-corrected chi connectivity index (χ4v) is 6.81. The highest BCUT2D eigenvalue weighted by Gasteiger charge is 2.15. The third kappa shape index (κ3) is 12.4. The number of sulfonamides is 2. The number of carbonyl (C=O) groups is 3. The lowest BCUT2D eigenvalue weighted by atomic mass is 10.0. The first kappa shape index (κ1) is 40.0. The van der Waals surface area contributed by atoms with Crippen LogP contribution in [0, 0.1) is 0 Å². The van der Waals surface area contributed by atoms with Crippen LogP contribution in [0.25, 0.3) is 0 Å². The van der Waals surface area contributed by atoms with Crippen LogP contribution >= 0.6 is 0 Å². The van der Waals surface area contributed by atoms with Gasteiger partial charge in [-0.1, -0.05) is 60.7 Å². The minimum Gasteiger partial charge on any atom is -0.478 e. The zero-order valence-corrected chi connectivity index (χ0v) is 30.8. The maximum Gasteiger partial charge on any atom is 0.335 e. The van der Waals surface area contributed by atoms with Gasteiger partial charge in [0, 0.05) is 16.9 Å². The summed E-state index contributed by atoms with van der Waals surface area (Å²) in [6.07, 6.45) is 2.85. The summed E-state index contributed by atoms with van der Waals surface area (Å²) in [5.41, 5.74) is 5.92. The molecule has 53 heavy (non-hydrogen) atoms. The molecule has 13 heteroatoms. The summed E-state index contributed by atoms with van der Waals surface area (Å²) in [5, 5.41) is 18.0. The molecule has 4 N–H and O–H groups in total. The van der Waals surface area contributed by atoms with Gasteiger partial charge < -0.3 is 10.2 Å². The van der Waals surface area contributed by atoms with Gasteiger partial charge in [-0.15, -0.1) is 0 Å². The van der Waals surface area contributed by atoms with E-state index in [1.807, 2.05) is 36.4 Å². The molecule has 0 aromatic heterocycles. The molecular weight excluding hydrogens is 717 g/mol. The number of anilines is 2. The van der Waals surface area contributed by atoms with Gasteiger partial charge in [-0.2, -0.15) is 0 Å². The quantitative estimate of drug-likeness (QED) is 0.0809. The van der Waals surface area contributed by atoms with E-state index in [-0.39, 0.29) is 27.6 Å². The Morgan fingerprint density at radius 2 is 0.943 bits per heavy atom. The van der Waals surface area contributed by atoms with Crippen LogP contribution in [0.2, 0.25) is 0 Å². The molecule has 11 nitrogen and oxygen atoms in total.